The molecule has 116 valence electrons. The molecule has 0 bridgehead atoms. The summed E-state index contributed by atoms with van der Waals surface area (Å²) in [5.41, 5.74) is 6.79. The number of hydrogen-bond donors (Lipinski definition) is 2. The summed E-state index contributed by atoms with van der Waals surface area (Å²) in [6.45, 7) is 2.21. The quantitative estimate of drug-likeness (QED) is 0.776. The second kappa shape index (κ2) is 5.96. The Morgan fingerprint density at radius 2 is 1.91 bits per heavy atom. The van der Waals surface area contributed by atoms with E-state index in [4.69, 9.17) is 10.5 Å². The van der Waals surface area contributed by atoms with Gasteiger partial charge < -0.3 is 15.6 Å². The first-order valence-corrected chi connectivity index (χ1v) is 7.16. The van der Waals surface area contributed by atoms with E-state index in [1.54, 1.807) is 25.1 Å². The van der Waals surface area contributed by atoms with Crippen molar-refractivity contribution >= 4 is 16.7 Å². The minimum absolute atomic E-state index is 0.118. The fourth-order valence-corrected chi connectivity index (χ4v) is 2.44. The zero-order chi connectivity index (χ0) is 16.4. The molecule has 0 aliphatic heterocycles. The number of aromatic hydroxyl groups is 1. The van der Waals surface area contributed by atoms with Crippen molar-refractivity contribution in [2.24, 2.45) is 5.73 Å². The Balaban J connectivity index is 1.94. The number of carbonyl (C=O) groups is 1. The molecule has 0 saturated heterocycles. The van der Waals surface area contributed by atoms with Crippen LogP contribution in [0.25, 0.3) is 10.8 Å². The van der Waals surface area contributed by atoms with Gasteiger partial charge >= 0.3 is 0 Å². The average Bonchev–Trinajstić information content (AvgIpc) is 2.57. The lowest BCUT2D eigenvalue weighted by Crippen LogP contribution is -2.14. The molecular formula is C18H16N2O3. The maximum absolute atomic E-state index is 11.3. The number of aryl methyl sites for hydroxylation is 1. The summed E-state index contributed by atoms with van der Waals surface area (Å²) in [6.07, 6.45) is 0. The summed E-state index contributed by atoms with van der Waals surface area (Å²) in [5.74, 6) is -0.290. The first-order valence-electron chi connectivity index (χ1n) is 7.16. The Kier molecular flexibility index (Phi) is 3.85. The number of fused-ring (bicyclic) bond motifs is 1. The summed E-state index contributed by atoms with van der Waals surface area (Å²) in [5, 5.41) is 11.4. The normalized spacial score (nSPS) is 10.7. The number of nitrogens with two attached hydrogens (primary N) is 1. The Hall–Kier alpha value is -3.08. The molecule has 23 heavy (non-hydrogen) atoms. The van der Waals surface area contributed by atoms with E-state index in [0.29, 0.717) is 23.4 Å². The molecule has 5 heteroatoms. The second-order valence-corrected chi connectivity index (χ2v) is 5.24. The van der Waals surface area contributed by atoms with Crippen molar-refractivity contribution in [2.45, 2.75) is 13.5 Å². The molecule has 1 heterocycles. The van der Waals surface area contributed by atoms with Crippen LogP contribution in [0.15, 0.2) is 48.5 Å². The summed E-state index contributed by atoms with van der Waals surface area (Å²) in [6, 6.07) is 15.1. The number of ether oxygens (including phenoxy) is 1. The van der Waals surface area contributed by atoms with Gasteiger partial charge in [-0.05, 0) is 30.7 Å². The molecule has 3 aromatic rings. The molecule has 5 nitrogen and oxygen atoms in total. The molecule has 2 aromatic carbocycles. The Bertz CT molecular complexity index is 876. The van der Waals surface area contributed by atoms with Crippen LogP contribution in [0.2, 0.25) is 0 Å². The predicted octanol–water partition coefficient (Wildman–Crippen LogP) is 2.93. The molecule has 0 unspecified atom stereocenters. The molecule has 0 fully saturated rings. The number of amides is 1. The molecule has 1 amide bonds. The molecule has 0 aliphatic rings. The number of aromatic nitrogens is 1. The lowest BCUT2D eigenvalue weighted by molar-refractivity contribution is 0.0993. The van der Waals surface area contributed by atoms with Crippen LogP contribution >= 0.6 is 0 Å². The van der Waals surface area contributed by atoms with Crippen molar-refractivity contribution in [3.8, 4) is 11.5 Å². The van der Waals surface area contributed by atoms with Gasteiger partial charge in [0.05, 0.1) is 0 Å². The van der Waals surface area contributed by atoms with Crippen molar-refractivity contribution in [3.05, 3.63) is 65.5 Å². The molecular weight excluding hydrogens is 292 g/mol. The number of pyridine rings is 1. The molecule has 3 N–H and O–H groups in total. The summed E-state index contributed by atoms with van der Waals surface area (Å²) >= 11 is 0. The fraction of sp³-hybridized carbons (Fsp3) is 0.111. The number of rotatable bonds is 4. The fourth-order valence-electron chi connectivity index (χ4n) is 2.44. The number of carbonyl (C=O) groups excluding carboxylic acids is 1. The monoisotopic (exact) mass is 308 g/mol. The van der Waals surface area contributed by atoms with Crippen LogP contribution in [-0.4, -0.2) is 16.0 Å². The van der Waals surface area contributed by atoms with Crippen molar-refractivity contribution in [3.63, 3.8) is 0 Å². The third kappa shape index (κ3) is 2.94. The van der Waals surface area contributed by atoms with Gasteiger partial charge in [0.2, 0.25) is 0 Å². The molecule has 0 aliphatic carbocycles. The number of hydrogen-bond acceptors (Lipinski definition) is 4. The number of primary amides is 1. The van der Waals surface area contributed by atoms with Gasteiger partial charge in [-0.25, -0.2) is 4.98 Å². The summed E-state index contributed by atoms with van der Waals surface area (Å²) < 4.78 is 5.77. The largest absolute Gasteiger partial charge is 0.505 e. The van der Waals surface area contributed by atoms with Crippen molar-refractivity contribution in [1.29, 1.82) is 0 Å². The van der Waals surface area contributed by atoms with Gasteiger partial charge in [0.15, 0.2) is 11.4 Å². The SMILES string of the molecule is Cc1nc(C(N)=O)c(O)c2ccc(OCc3ccccc3)cc12. The molecule has 0 spiro atoms. The Morgan fingerprint density at radius 3 is 2.61 bits per heavy atom. The third-order valence-corrected chi connectivity index (χ3v) is 3.62. The lowest BCUT2D eigenvalue weighted by Gasteiger charge is -2.11. The maximum atomic E-state index is 11.3. The number of benzene rings is 2. The highest BCUT2D eigenvalue weighted by molar-refractivity contribution is 6.01. The van der Waals surface area contributed by atoms with Crippen LogP contribution in [0.1, 0.15) is 21.7 Å². The van der Waals surface area contributed by atoms with Crippen LogP contribution in [-0.2, 0) is 6.61 Å². The summed E-state index contributed by atoms with van der Waals surface area (Å²) in [4.78, 5) is 15.4. The second-order valence-electron chi connectivity index (χ2n) is 5.24. The molecule has 0 atom stereocenters. The third-order valence-electron chi connectivity index (χ3n) is 3.62. The van der Waals surface area contributed by atoms with E-state index in [1.165, 1.54) is 0 Å². The highest BCUT2D eigenvalue weighted by atomic mass is 16.5. The molecule has 1 aromatic heterocycles. The zero-order valence-corrected chi connectivity index (χ0v) is 12.6. The van der Waals surface area contributed by atoms with Crippen LogP contribution in [0.3, 0.4) is 0 Å². The number of nitrogens with zero attached hydrogens (tertiary/aromatic N) is 1. The highest BCUT2D eigenvalue weighted by Gasteiger charge is 2.15. The Morgan fingerprint density at radius 1 is 1.17 bits per heavy atom. The van der Waals surface area contributed by atoms with Crippen molar-refractivity contribution in [2.75, 3.05) is 0 Å². The minimum Gasteiger partial charge on any atom is -0.505 e. The van der Waals surface area contributed by atoms with Crippen LogP contribution in [0.5, 0.6) is 11.5 Å². The highest BCUT2D eigenvalue weighted by Crippen LogP contribution is 2.32. The maximum Gasteiger partial charge on any atom is 0.271 e. The van der Waals surface area contributed by atoms with E-state index < -0.39 is 5.91 Å². The lowest BCUT2D eigenvalue weighted by atomic mass is 10.1. The van der Waals surface area contributed by atoms with Crippen molar-refractivity contribution < 1.29 is 14.6 Å². The average molecular weight is 308 g/mol. The van der Waals surface area contributed by atoms with Gasteiger partial charge in [-0.15, -0.1) is 0 Å². The van der Waals surface area contributed by atoms with E-state index in [9.17, 15) is 9.90 Å². The van der Waals surface area contributed by atoms with E-state index in [-0.39, 0.29) is 11.4 Å². The van der Waals surface area contributed by atoms with Crippen molar-refractivity contribution in [1.82, 2.24) is 4.98 Å². The first kappa shape index (κ1) is 14.8. The van der Waals surface area contributed by atoms with E-state index in [1.807, 2.05) is 30.3 Å². The van der Waals surface area contributed by atoms with Crippen LogP contribution < -0.4 is 10.5 Å². The standard InChI is InChI=1S/C18H16N2O3/c1-11-15-9-13(23-10-12-5-3-2-4-6-12)7-8-14(15)17(21)16(20-11)18(19)22/h2-9,21H,10H2,1H3,(H2,19,22). The van der Waals surface area contributed by atoms with E-state index in [0.717, 1.165) is 10.9 Å². The van der Waals surface area contributed by atoms with Gasteiger partial charge in [-0.1, -0.05) is 30.3 Å². The molecule has 3 rings (SSSR count). The van der Waals surface area contributed by atoms with Gasteiger partial charge in [0.25, 0.3) is 5.91 Å². The van der Waals surface area contributed by atoms with Crippen LogP contribution in [0.4, 0.5) is 0 Å². The molecule has 0 radical (unpaired) electrons. The van der Waals surface area contributed by atoms with Gasteiger partial charge in [-0.3, -0.25) is 4.79 Å². The Labute approximate surface area is 133 Å². The predicted molar refractivity (Wildman–Crippen MR) is 87.4 cm³/mol. The summed E-state index contributed by atoms with van der Waals surface area (Å²) in [7, 11) is 0. The zero-order valence-electron chi connectivity index (χ0n) is 12.6. The van der Waals surface area contributed by atoms with Gasteiger partial charge in [-0.2, -0.15) is 0 Å². The van der Waals surface area contributed by atoms with Crippen LogP contribution in [0, 0.1) is 6.92 Å². The van der Waals surface area contributed by atoms with E-state index >= 15 is 0 Å². The molecule has 0 saturated carbocycles. The minimum atomic E-state index is -0.753. The van der Waals surface area contributed by atoms with Gasteiger partial charge in [0.1, 0.15) is 12.4 Å². The van der Waals surface area contributed by atoms with E-state index in [2.05, 4.69) is 4.98 Å². The topological polar surface area (TPSA) is 85.4 Å². The van der Waals surface area contributed by atoms with Gasteiger partial charge in [0, 0.05) is 16.5 Å². The first-order chi connectivity index (χ1) is 11.1. The smallest absolute Gasteiger partial charge is 0.271 e.